The van der Waals surface area contributed by atoms with Gasteiger partial charge in [-0.15, -0.1) is 0 Å². The maximum atomic E-state index is 13.3. The van der Waals surface area contributed by atoms with Gasteiger partial charge in [0.2, 0.25) is 0 Å². The Balaban J connectivity index is 2.17. The average Bonchev–Trinajstić information content (AvgIpc) is 3.00. The minimum Gasteiger partial charge on any atom is -0.316 e. The normalized spacial score (nSPS) is 12.0. The minimum atomic E-state index is -4.30. The second-order valence-corrected chi connectivity index (χ2v) is 6.49. The first-order valence-electron chi connectivity index (χ1n) is 7.73. The van der Waals surface area contributed by atoms with E-state index in [1.165, 1.54) is 35.2 Å². The van der Waals surface area contributed by atoms with E-state index in [0.717, 1.165) is 11.8 Å². The summed E-state index contributed by atoms with van der Waals surface area (Å²) in [5.74, 6) is -0.739. The van der Waals surface area contributed by atoms with Crippen LogP contribution >= 0.6 is 11.8 Å². The minimum absolute atomic E-state index is 0.105. The molecular formula is C16H14F4N4OS. The molecular weight excluding hydrogens is 372 g/mol. The van der Waals surface area contributed by atoms with E-state index in [4.69, 9.17) is 0 Å². The van der Waals surface area contributed by atoms with Crippen LogP contribution in [0.1, 0.15) is 13.3 Å². The fraction of sp³-hybridized carbons (Fsp3) is 0.312. The Morgan fingerprint density at radius 1 is 1.19 bits per heavy atom. The van der Waals surface area contributed by atoms with Crippen LogP contribution in [-0.4, -0.2) is 31.0 Å². The zero-order valence-corrected chi connectivity index (χ0v) is 14.4. The largest absolute Gasteiger partial charge is 0.389 e. The molecule has 5 nitrogen and oxygen atoms in total. The fourth-order valence-corrected chi connectivity index (χ4v) is 3.44. The highest BCUT2D eigenvalue weighted by Crippen LogP contribution is 2.28. The molecule has 0 spiro atoms. The summed E-state index contributed by atoms with van der Waals surface area (Å²) in [7, 11) is 0. The van der Waals surface area contributed by atoms with Gasteiger partial charge in [0.05, 0.1) is 12.7 Å². The van der Waals surface area contributed by atoms with Gasteiger partial charge in [0.15, 0.2) is 16.3 Å². The number of benzene rings is 1. The van der Waals surface area contributed by atoms with Gasteiger partial charge < -0.3 is 4.57 Å². The molecule has 0 aliphatic heterocycles. The van der Waals surface area contributed by atoms with Gasteiger partial charge >= 0.3 is 11.7 Å². The summed E-state index contributed by atoms with van der Waals surface area (Å²) in [4.78, 5) is 20.2. The standard InChI is InChI=1S/C16H14F4N4OS/c1-2-23-9-21-12-13(25)22-15(26-8-7-16(18,19)20)24(14(12)23)11-5-3-10(17)4-6-11/h3-6,9H,2,7-8H2,1H3. The summed E-state index contributed by atoms with van der Waals surface area (Å²) in [6.45, 7) is 2.34. The van der Waals surface area contributed by atoms with Gasteiger partial charge in [0, 0.05) is 18.0 Å². The van der Waals surface area contributed by atoms with Crippen LogP contribution in [0.3, 0.4) is 0 Å². The molecule has 0 saturated heterocycles. The third kappa shape index (κ3) is 3.74. The van der Waals surface area contributed by atoms with E-state index in [-0.39, 0.29) is 16.4 Å². The molecule has 0 atom stereocenters. The van der Waals surface area contributed by atoms with Crippen LogP contribution in [-0.2, 0) is 6.54 Å². The van der Waals surface area contributed by atoms with Crippen molar-refractivity contribution < 1.29 is 17.6 Å². The summed E-state index contributed by atoms with van der Waals surface area (Å²) >= 11 is 0.822. The highest BCUT2D eigenvalue weighted by atomic mass is 32.2. The number of aromatic nitrogens is 4. The zero-order chi connectivity index (χ0) is 18.9. The van der Waals surface area contributed by atoms with Crippen LogP contribution in [0.5, 0.6) is 0 Å². The van der Waals surface area contributed by atoms with Crippen molar-refractivity contribution in [3.63, 3.8) is 0 Å². The zero-order valence-electron chi connectivity index (χ0n) is 13.6. The fourth-order valence-electron chi connectivity index (χ4n) is 2.45. The average molecular weight is 386 g/mol. The summed E-state index contributed by atoms with van der Waals surface area (Å²) in [6, 6.07) is 5.41. The van der Waals surface area contributed by atoms with E-state index >= 15 is 0 Å². The van der Waals surface area contributed by atoms with E-state index in [2.05, 4.69) is 9.97 Å². The number of hydrogen-bond acceptors (Lipinski definition) is 4. The van der Waals surface area contributed by atoms with Crippen LogP contribution < -0.4 is 5.56 Å². The number of imidazole rings is 1. The van der Waals surface area contributed by atoms with Gasteiger partial charge in [-0.25, -0.2) is 9.37 Å². The molecule has 0 aliphatic carbocycles. The van der Waals surface area contributed by atoms with Crippen molar-refractivity contribution in [2.24, 2.45) is 0 Å². The van der Waals surface area contributed by atoms with Crippen molar-refractivity contribution in [2.45, 2.75) is 31.2 Å². The molecule has 0 unspecified atom stereocenters. The number of aryl methyl sites for hydroxylation is 1. The number of alkyl halides is 3. The van der Waals surface area contributed by atoms with Crippen LogP contribution in [0.25, 0.3) is 16.9 Å². The van der Waals surface area contributed by atoms with Crippen molar-refractivity contribution in [1.29, 1.82) is 0 Å². The van der Waals surface area contributed by atoms with Crippen molar-refractivity contribution in [3.05, 3.63) is 46.8 Å². The molecule has 0 amide bonds. The highest BCUT2D eigenvalue weighted by molar-refractivity contribution is 7.99. The molecule has 3 aromatic rings. The lowest BCUT2D eigenvalue weighted by Gasteiger charge is -2.15. The highest BCUT2D eigenvalue weighted by Gasteiger charge is 2.27. The SMILES string of the molecule is CCn1cnc2c(=O)nc(SCCC(F)(F)F)n(-c3ccc(F)cc3)c21. The van der Waals surface area contributed by atoms with E-state index in [1.807, 2.05) is 6.92 Å². The van der Waals surface area contributed by atoms with Crippen LogP contribution in [0.2, 0.25) is 0 Å². The Morgan fingerprint density at radius 2 is 1.88 bits per heavy atom. The topological polar surface area (TPSA) is 52.7 Å². The molecule has 2 aromatic heterocycles. The maximum absolute atomic E-state index is 13.3. The molecule has 1 aromatic carbocycles. The summed E-state index contributed by atoms with van der Waals surface area (Å²) in [6.07, 6.45) is -3.84. The van der Waals surface area contributed by atoms with Gasteiger partial charge in [0.25, 0.3) is 0 Å². The van der Waals surface area contributed by atoms with Gasteiger partial charge in [-0.1, -0.05) is 11.8 Å². The lowest BCUT2D eigenvalue weighted by atomic mass is 10.3. The van der Waals surface area contributed by atoms with Crippen molar-refractivity contribution in [2.75, 3.05) is 5.75 Å². The van der Waals surface area contributed by atoms with Gasteiger partial charge in [-0.3, -0.25) is 9.36 Å². The molecule has 0 fully saturated rings. The molecule has 0 radical (unpaired) electrons. The molecule has 138 valence electrons. The monoisotopic (exact) mass is 386 g/mol. The molecule has 0 N–H and O–H groups in total. The van der Waals surface area contributed by atoms with E-state index in [1.54, 1.807) is 4.57 Å². The molecule has 10 heteroatoms. The summed E-state index contributed by atoms with van der Waals surface area (Å²) in [5.41, 5.74) is 0.388. The Kier molecular flexibility index (Phi) is 5.03. The number of halogens is 4. The van der Waals surface area contributed by atoms with Gasteiger partial charge in [-0.05, 0) is 31.2 Å². The third-order valence-electron chi connectivity index (χ3n) is 3.66. The molecule has 0 saturated carbocycles. The van der Waals surface area contributed by atoms with Gasteiger partial charge in [0.1, 0.15) is 5.82 Å². The van der Waals surface area contributed by atoms with Crippen molar-refractivity contribution >= 4 is 22.9 Å². The Morgan fingerprint density at radius 3 is 2.50 bits per heavy atom. The summed E-state index contributed by atoms with van der Waals surface area (Å²) < 4.78 is 53.9. The van der Waals surface area contributed by atoms with E-state index in [0.29, 0.717) is 17.9 Å². The Hall–Kier alpha value is -2.36. The lowest BCUT2D eigenvalue weighted by Crippen LogP contribution is -2.17. The molecule has 0 aliphatic rings. The number of rotatable bonds is 5. The molecule has 26 heavy (non-hydrogen) atoms. The lowest BCUT2D eigenvalue weighted by molar-refractivity contribution is -0.129. The number of fused-ring (bicyclic) bond motifs is 1. The van der Waals surface area contributed by atoms with Crippen LogP contribution in [0.15, 0.2) is 40.5 Å². The van der Waals surface area contributed by atoms with Crippen molar-refractivity contribution in [1.82, 2.24) is 19.1 Å². The Labute approximate surface area is 149 Å². The van der Waals surface area contributed by atoms with E-state index in [9.17, 15) is 22.4 Å². The predicted octanol–water partition coefficient (Wildman–Crippen LogP) is 3.79. The van der Waals surface area contributed by atoms with Crippen LogP contribution in [0.4, 0.5) is 17.6 Å². The molecule has 3 rings (SSSR count). The number of thioether (sulfide) groups is 1. The van der Waals surface area contributed by atoms with E-state index < -0.39 is 24.0 Å². The quantitative estimate of drug-likeness (QED) is 0.380. The number of hydrogen-bond donors (Lipinski definition) is 0. The molecule has 0 bridgehead atoms. The third-order valence-corrected chi connectivity index (χ3v) is 4.60. The maximum Gasteiger partial charge on any atom is 0.389 e. The first-order valence-corrected chi connectivity index (χ1v) is 8.72. The number of nitrogens with zero attached hydrogens (tertiary/aromatic N) is 4. The second-order valence-electron chi connectivity index (χ2n) is 5.43. The first kappa shape index (κ1) is 18.4. The van der Waals surface area contributed by atoms with Gasteiger partial charge in [-0.2, -0.15) is 18.2 Å². The second kappa shape index (κ2) is 7.10. The predicted molar refractivity (Wildman–Crippen MR) is 90.2 cm³/mol. The smallest absolute Gasteiger partial charge is 0.316 e. The van der Waals surface area contributed by atoms with Crippen LogP contribution in [0, 0.1) is 5.82 Å². The summed E-state index contributed by atoms with van der Waals surface area (Å²) in [5, 5.41) is 0.105. The Bertz CT molecular complexity index is 979. The first-order chi connectivity index (χ1) is 12.3. The molecule has 2 heterocycles. The van der Waals surface area contributed by atoms with Crippen molar-refractivity contribution in [3.8, 4) is 5.69 Å².